The first-order chi connectivity index (χ1) is 11.7. The van der Waals surface area contributed by atoms with Gasteiger partial charge < -0.3 is 0 Å². The molecule has 0 spiro atoms. The molecule has 2 aromatic carbocycles. The highest BCUT2D eigenvalue weighted by molar-refractivity contribution is 7.93. The Hall–Kier alpha value is -2.20. The molecular formula is C15H14F2N2O4S2. The molecule has 1 heterocycles. The van der Waals surface area contributed by atoms with Gasteiger partial charge in [0.15, 0.2) is 4.90 Å². The number of hydrogen-bond donors (Lipinski definition) is 1. The lowest BCUT2D eigenvalue weighted by molar-refractivity contribution is 0.521. The topological polar surface area (TPSA) is 83.6 Å². The van der Waals surface area contributed by atoms with Crippen LogP contribution in [0, 0.1) is 11.6 Å². The molecule has 2 aromatic rings. The highest BCUT2D eigenvalue weighted by atomic mass is 32.2. The highest BCUT2D eigenvalue weighted by Crippen LogP contribution is 2.28. The van der Waals surface area contributed by atoms with Crippen LogP contribution in [0.5, 0.6) is 0 Å². The molecule has 1 N–H and O–H groups in total. The van der Waals surface area contributed by atoms with Crippen molar-refractivity contribution >= 4 is 31.4 Å². The van der Waals surface area contributed by atoms with E-state index in [9.17, 15) is 25.6 Å². The van der Waals surface area contributed by atoms with Crippen LogP contribution in [0.1, 0.15) is 6.42 Å². The number of anilines is 2. The van der Waals surface area contributed by atoms with Crippen molar-refractivity contribution in [2.24, 2.45) is 0 Å². The lowest BCUT2D eigenvalue weighted by Crippen LogP contribution is -2.25. The Bertz CT molecular complexity index is 1000. The molecule has 25 heavy (non-hydrogen) atoms. The fourth-order valence-electron chi connectivity index (χ4n) is 2.60. The van der Waals surface area contributed by atoms with Gasteiger partial charge in [-0.1, -0.05) is 12.1 Å². The predicted octanol–water partition coefficient (Wildman–Crippen LogP) is 2.31. The van der Waals surface area contributed by atoms with Crippen molar-refractivity contribution in [2.75, 3.05) is 21.3 Å². The number of benzene rings is 2. The summed E-state index contributed by atoms with van der Waals surface area (Å²) in [5.41, 5.74) is 0.286. The minimum absolute atomic E-state index is 0.00209. The van der Waals surface area contributed by atoms with E-state index in [1.54, 1.807) is 0 Å². The number of rotatable bonds is 4. The first kappa shape index (κ1) is 17.6. The quantitative estimate of drug-likeness (QED) is 0.871. The maximum atomic E-state index is 13.7. The Morgan fingerprint density at radius 2 is 1.68 bits per heavy atom. The summed E-state index contributed by atoms with van der Waals surface area (Å²) in [4.78, 5) is -1.09. The van der Waals surface area contributed by atoms with Crippen LogP contribution in [-0.2, 0) is 20.0 Å². The largest absolute Gasteiger partial charge is 0.279 e. The van der Waals surface area contributed by atoms with E-state index < -0.39 is 36.6 Å². The van der Waals surface area contributed by atoms with Crippen LogP contribution in [0.15, 0.2) is 47.4 Å². The maximum absolute atomic E-state index is 13.7. The van der Waals surface area contributed by atoms with E-state index >= 15 is 0 Å². The number of sulfonamides is 2. The zero-order valence-corrected chi connectivity index (χ0v) is 14.4. The zero-order valence-electron chi connectivity index (χ0n) is 12.8. The van der Waals surface area contributed by atoms with Crippen molar-refractivity contribution < 1.29 is 25.6 Å². The van der Waals surface area contributed by atoms with Crippen LogP contribution in [0.2, 0.25) is 0 Å². The number of hydrogen-bond acceptors (Lipinski definition) is 4. The summed E-state index contributed by atoms with van der Waals surface area (Å²) in [6, 6.07) is 8.38. The zero-order chi connectivity index (χ0) is 18.2. The maximum Gasteiger partial charge on any atom is 0.267 e. The Kier molecular flexibility index (Phi) is 4.41. The fraction of sp³-hybridized carbons (Fsp3) is 0.200. The summed E-state index contributed by atoms with van der Waals surface area (Å²) in [5, 5.41) is 0. The summed E-state index contributed by atoms with van der Waals surface area (Å²) in [7, 11) is -7.94. The van der Waals surface area contributed by atoms with E-state index in [4.69, 9.17) is 0 Å². The molecule has 134 valence electrons. The molecule has 0 aliphatic carbocycles. The Morgan fingerprint density at radius 1 is 1.04 bits per heavy atom. The molecule has 0 radical (unpaired) electrons. The minimum atomic E-state index is -4.51. The summed E-state index contributed by atoms with van der Waals surface area (Å²) in [6.07, 6.45) is 0.471. The molecule has 1 saturated heterocycles. The molecule has 0 unspecified atom stereocenters. The van der Waals surface area contributed by atoms with Crippen molar-refractivity contribution in [3.05, 3.63) is 54.1 Å². The van der Waals surface area contributed by atoms with E-state index in [1.807, 2.05) is 0 Å². The van der Waals surface area contributed by atoms with Crippen LogP contribution < -0.4 is 9.03 Å². The summed E-state index contributed by atoms with van der Waals surface area (Å²) in [5.74, 6) is -2.42. The molecule has 0 aromatic heterocycles. The van der Waals surface area contributed by atoms with Crippen molar-refractivity contribution in [3.8, 4) is 0 Å². The molecule has 6 nitrogen and oxygen atoms in total. The molecule has 0 bridgehead atoms. The summed E-state index contributed by atoms with van der Waals surface area (Å²) >= 11 is 0. The van der Waals surface area contributed by atoms with E-state index in [-0.39, 0.29) is 17.1 Å². The normalized spacial score (nSPS) is 16.8. The van der Waals surface area contributed by atoms with Crippen LogP contribution >= 0.6 is 0 Å². The monoisotopic (exact) mass is 388 g/mol. The van der Waals surface area contributed by atoms with Crippen LogP contribution in [-0.4, -0.2) is 29.1 Å². The van der Waals surface area contributed by atoms with E-state index in [0.717, 1.165) is 18.2 Å². The molecule has 10 heteroatoms. The SMILES string of the molecule is O=S(=O)(Nc1cccc(N2CCCS2(=O)=O)c1)c1c(F)cccc1F. The van der Waals surface area contributed by atoms with E-state index in [2.05, 4.69) is 4.72 Å². The van der Waals surface area contributed by atoms with E-state index in [0.29, 0.717) is 13.0 Å². The van der Waals surface area contributed by atoms with Crippen LogP contribution in [0.4, 0.5) is 20.2 Å². The lowest BCUT2D eigenvalue weighted by Gasteiger charge is -2.18. The van der Waals surface area contributed by atoms with Crippen LogP contribution in [0.3, 0.4) is 0 Å². The van der Waals surface area contributed by atoms with Gasteiger partial charge in [-0.3, -0.25) is 9.03 Å². The summed E-state index contributed by atoms with van der Waals surface area (Å²) in [6.45, 7) is 0.292. The van der Waals surface area contributed by atoms with Gasteiger partial charge in [-0.2, -0.15) is 0 Å². The third kappa shape index (κ3) is 3.45. The Balaban J connectivity index is 1.95. The fourth-order valence-corrected chi connectivity index (χ4v) is 5.34. The number of halogens is 2. The van der Waals surface area contributed by atoms with Gasteiger partial charge in [0.1, 0.15) is 11.6 Å². The molecule has 3 rings (SSSR count). The van der Waals surface area contributed by atoms with Gasteiger partial charge in [-0.05, 0) is 36.8 Å². The van der Waals surface area contributed by atoms with Crippen molar-refractivity contribution in [1.29, 1.82) is 0 Å². The van der Waals surface area contributed by atoms with Gasteiger partial charge in [-0.15, -0.1) is 0 Å². The van der Waals surface area contributed by atoms with Gasteiger partial charge in [-0.25, -0.2) is 25.6 Å². The molecule has 0 saturated carbocycles. The lowest BCUT2D eigenvalue weighted by atomic mass is 10.3. The average Bonchev–Trinajstić information content (AvgIpc) is 2.86. The second-order valence-corrected chi connectivity index (χ2v) is 9.08. The Labute approximate surface area is 144 Å². The third-order valence-electron chi connectivity index (χ3n) is 3.67. The number of nitrogens with zero attached hydrogens (tertiary/aromatic N) is 1. The molecule has 1 aliphatic rings. The highest BCUT2D eigenvalue weighted by Gasteiger charge is 2.29. The van der Waals surface area contributed by atoms with Gasteiger partial charge >= 0.3 is 0 Å². The van der Waals surface area contributed by atoms with Crippen LogP contribution in [0.25, 0.3) is 0 Å². The number of nitrogens with one attached hydrogen (secondary N) is 1. The predicted molar refractivity (Wildman–Crippen MR) is 89.4 cm³/mol. The molecule has 1 fully saturated rings. The van der Waals surface area contributed by atoms with Gasteiger partial charge in [0.05, 0.1) is 17.1 Å². The summed E-state index contributed by atoms with van der Waals surface area (Å²) < 4.78 is 79.2. The second kappa shape index (κ2) is 6.26. The molecule has 0 amide bonds. The van der Waals surface area contributed by atoms with Crippen molar-refractivity contribution in [2.45, 2.75) is 11.3 Å². The molecule has 0 atom stereocenters. The second-order valence-electron chi connectivity index (χ2n) is 5.45. The first-order valence-corrected chi connectivity index (χ1v) is 10.4. The third-order valence-corrected chi connectivity index (χ3v) is 6.97. The van der Waals surface area contributed by atoms with Crippen molar-refractivity contribution in [1.82, 2.24) is 0 Å². The molecule has 1 aliphatic heterocycles. The van der Waals surface area contributed by atoms with Gasteiger partial charge in [0.25, 0.3) is 10.0 Å². The molecular weight excluding hydrogens is 374 g/mol. The van der Waals surface area contributed by atoms with E-state index in [1.165, 1.54) is 28.6 Å². The van der Waals surface area contributed by atoms with Gasteiger partial charge in [0, 0.05) is 6.54 Å². The minimum Gasteiger partial charge on any atom is -0.279 e. The smallest absolute Gasteiger partial charge is 0.267 e. The van der Waals surface area contributed by atoms with Gasteiger partial charge in [0.2, 0.25) is 10.0 Å². The standard InChI is InChI=1S/C15H14F2N2O4S2/c16-13-6-2-7-14(17)15(13)25(22,23)18-11-4-1-5-12(10-11)19-8-3-9-24(19,20)21/h1-2,4-7,10,18H,3,8-9H2. The average molecular weight is 388 g/mol. The Morgan fingerprint density at radius 3 is 2.28 bits per heavy atom. The first-order valence-electron chi connectivity index (χ1n) is 7.28. The van der Waals surface area contributed by atoms with Crippen molar-refractivity contribution in [3.63, 3.8) is 0 Å².